The molecule has 1 saturated heterocycles. The summed E-state index contributed by atoms with van der Waals surface area (Å²) >= 11 is 6.00. The first-order chi connectivity index (χ1) is 9.63. The molecule has 0 saturated carbocycles. The summed E-state index contributed by atoms with van der Waals surface area (Å²) in [4.78, 5) is 2.30. The maximum Gasteiger partial charge on any atom is 0.154 e. The van der Waals surface area contributed by atoms with Crippen molar-refractivity contribution >= 4 is 11.6 Å². The number of aromatic nitrogens is 1. The maximum absolute atomic E-state index is 9.94. The highest BCUT2D eigenvalue weighted by atomic mass is 35.5. The highest BCUT2D eigenvalue weighted by Gasteiger charge is 2.29. The summed E-state index contributed by atoms with van der Waals surface area (Å²) in [7, 11) is 0. The molecule has 0 spiro atoms. The molecule has 20 heavy (non-hydrogen) atoms. The number of halogens is 1. The number of likely N-dealkylation sites (tertiary alicyclic amines) is 1. The Morgan fingerprint density at radius 1 is 1.45 bits per heavy atom. The van der Waals surface area contributed by atoms with Gasteiger partial charge in [-0.2, -0.15) is 0 Å². The molecule has 0 aliphatic carbocycles. The van der Waals surface area contributed by atoms with Crippen LogP contribution in [0.25, 0.3) is 0 Å². The zero-order valence-corrected chi connectivity index (χ0v) is 12.1. The highest BCUT2D eigenvalue weighted by Crippen LogP contribution is 2.35. The van der Waals surface area contributed by atoms with Crippen molar-refractivity contribution in [3.63, 3.8) is 0 Å². The molecule has 4 nitrogen and oxygen atoms in total. The van der Waals surface area contributed by atoms with Gasteiger partial charge in [0.05, 0.1) is 11.7 Å². The summed E-state index contributed by atoms with van der Waals surface area (Å²) in [6.45, 7) is 3.57. The molecule has 0 radical (unpaired) electrons. The van der Waals surface area contributed by atoms with E-state index in [1.807, 2.05) is 19.1 Å². The summed E-state index contributed by atoms with van der Waals surface area (Å²) in [5, 5.41) is 14.5. The largest absolute Gasteiger partial charge is 0.508 e. The van der Waals surface area contributed by atoms with Crippen LogP contribution in [0.1, 0.15) is 35.9 Å². The smallest absolute Gasteiger partial charge is 0.154 e. The summed E-state index contributed by atoms with van der Waals surface area (Å²) in [6.07, 6.45) is 2.17. The van der Waals surface area contributed by atoms with Crippen LogP contribution >= 0.6 is 11.6 Å². The normalized spacial score (nSPS) is 19.6. The Kier molecular flexibility index (Phi) is 3.68. The Balaban J connectivity index is 1.81. The van der Waals surface area contributed by atoms with Crippen LogP contribution in [-0.4, -0.2) is 21.7 Å². The minimum Gasteiger partial charge on any atom is -0.508 e. The van der Waals surface area contributed by atoms with Crippen LogP contribution in [0.2, 0.25) is 5.02 Å². The Hall–Kier alpha value is -1.52. The molecule has 2 aromatic rings. The molecule has 2 heterocycles. The Morgan fingerprint density at radius 3 is 3.05 bits per heavy atom. The molecule has 106 valence electrons. The molecule has 1 aliphatic rings. The first-order valence-electron chi connectivity index (χ1n) is 6.78. The van der Waals surface area contributed by atoms with Crippen molar-refractivity contribution < 1.29 is 9.63 Å². The highest BCUT2D eigenvalue weighted by molar-refractivity contribution is 6.30. The Bertz CT molecular complexity index is 612. The number of benzene rings is 1. The van der Waals surface area contributed by atoms with Crippen LogP contribution < -0.4 is 0 Å². The summed E-state index contributed by atoms with van der Waals surface area (Å²) in [6, 6.07) is 7.37. The molecule has 1 N–H and O–H groups in total. The zero-order valence-electron chi connectivity index (χ0n) is 11.3. The van der Waals surface area contributed by atoms with Gasteiger partial charge in [0.1, 0.15) is 5.75 Å². The quantitative estimate of drug-likeness (QED) is 0.937. The molecule has 1 aromatic heterocycles. The number of nitrogens with zero attached hydrogens (tertiary/aromatic N) is 2. The van der Waals surface area contributed by atoms with Gasteiger partial charge >= 0.3 is 0 Å². The second-order valence-corrected chi connectivity index (χ2v) is 5.71. The Labute approximate surface area is 122 Å². The lowest BCUT2D eigenvalue weighted by Gasteiger charge is -2.22. The summed E-state index contributed by atoms with van der Waals surface area (Å²) in [5.41, 5.74) is 1.75. The van der Waals surface area contributed by atoms with Crippen LogP contribution in [0, 0.1) is 6.92 Å². The van der Waals surface area contributed by atoms with Gasteiger partial charge < -0.3 is 9.63 Å². The van der Waals surface area contributed by atoms with Gasteiger partial charge in [0.25, 0.3) is 0 Å². The van der Waals surface area contributed by atoms with Crippen molar-refractivity contribution in [2.24, 2.45) is 0 Å². The van der Waals surface area contributed by atoms with Crippen molar-refractivity contribution in [3.8, 4) is 5.75 Å². The third-order valence-corrected chi connectivity index (χ3v) is 3.99. The molecular weight excluding hydrogens is 276 g/mol. The molecule has 5 heteroatoms. The van der Waals surface area contributed by atoms with Crippen molar-refractivity contribution in [1.29, 1.82) is 0 Å². The molecule has 1 aromatic carbocycles. The average molecular weight is 293 g/mol. The van der Waals surface area contributed by atoms with Gasteiger partial charge in [-0.15, -0.1) is 0 Å². The standard InChI is InChI=1S/C15H17ClN2O2/c1-10-7-15(20-17-10)13-3-2-6-18(13)9-11-8-12(16)4-5-14(11)19/h4-5,7-8,13,19H,2-3,6,9H2,1H3/t13-/m1/s1. The van der Waals surface area contributed by atoms with Gasteiger partial charge in [0.15, 0.2) is 5.76 Å². The molecule has 0 amide bonds. The third kappa shape index (κ3) is 2.67. The third-order valence-electron chi connectivity index (χ3n) is 3.75. The summed E-state index contributed by atoms with van der Waals surface area (Å²) < 4.78 is 5.39. The van der Waals surface area contributed by atoms with Gasteiger partial charge in [-0.3, -0.25) is 4.90 Å². The predicted molar refractivity (Wildman–Crippen MR) is 76.7 cm³/mol. The van der Waals surface area contributed by atoms with E-state index in [0.717, 1.165) is 36.4 Å². The maximum atomic E-state index is 9.94. The second-order valence-electron chi connectivity index (χ2n) is 5.27. The fourth-order valence-corrected chi connectivity index (χ4v) is 2.97. The lowest BCUT2D eigenvalue weighted by atomic mass is 10.1. The van der Waals surface area contributed by atoms with E-state index in [1.54, 1.807) is 12.1 Å². The fraction of sp³-hybridized carbons (Fsp3) is 0.400. The van der Waals surface area contributed by atoms with Crippen LogP contribution in [0.4, 0.5) is 0 Å². The molecule has 0 unspecified atom stereocenters. The van der Waals surface area contributed by atoms with Gasteiger partial charge in [-0.1, -0.05) is 16.8 Å². The molecule has 1 aliphatic heterocycles. The minimum atomic E-state index is 0.231. The number of aryl methyl sites for hydroxylation is 1. The number of hydrogen-bond donors (Lipinski definition) is 1. The SMILES string of the molecule is Cc1cc([C@H]2CCCN2Cc2cc(Cl)ccc2O)on1. The fourth-order valence-electron chi connectivity index (χ4n) is 2.78. The number of hydrogen-bond acceptors (Lipinski definition) is 4. The van der Waals surface area contributed by atoms with Crippen LogP contribution in [0.15, 0.2) is 28.8 Å². The van der Waals surface area contributed by atoms with Crippen LogP contribution in [0.3, 0.4) is 0 Å². The van der Waals surface area contributed by atoms with Gasteiger partial charge in [0.2, 0.25) is 0 Å². The zero-order chi connectivity index (χ0) is 14.1. The molecule has 1 atom stereocenters. The molecule has 0 bridgehead atoms. The molecular formula is C15H17ClN2O2. The monoisotopic (exact) mass is 292 g/mol. The van der Waals surface area contributed by atoms with E-state index in [0.29, 0.717) is 11.6 Å². The van der Waals surface area contributed by atoms with E-state index in [4.69, 9.17) is 16.1 Å². The number of phenolic OH excluding ortho intramolecular Hbond substituents is 1. The number of aromatic hydroxyl groups is 1. The Morgan fingerprint density at radius 2 is 2.30 bits per heavy atom. The first-order valence-corrected chi connectivity index (χ1v) is 7.16. The van der Waals surface area contributed by atoms with Crippen molar-refractivity contribution in [3.05, 3.63) is 46.3 Å². The van der Waals surface area contributed by atoms with E-state index < -0.39 is 0 Å². The van der Waals surface area contributed by atoms with E-state index in [1.165, 1.54) is 0 Å². The van der Waals surface area contributed by atoms with Gasteiger partial charge in [0, 0.05) is 23.2 Å². The van der Waals surface area contributed by atoms with E-state index in [9.17, 15) is 5.11 Å². The topological polar surface area (TPSA) is 49.5 Å². The predicted octanol–water partition coefficient (Wildman–Crippen LogP) is 3.68. The number of phenols is 1. The molecule has 3 rings (SSSR count). The van der Waals surface area contributed by atoms with Crippen molar-refractivity contribution in [1.82, 2.24) is 10.1 Å². The first kappa shape index (κ1) is 13.5. The lowest BCUT2D eigenvalue weighted by Crippen LogP contribution is -2.22. The molecule has 1 fully saturated rings. The van der Waals surface area contributed by atoms with Crippen LogP contribution in [0.5, 0.6) is 5.75 Å². The van der Waals surface area contributed by atoms with Gasteiger partial charge in [-0.05, 0) is 44.5 Å². The van der Waals surface area contributed by atoms with E-state index >= 15 is 0 Å². The minimum absolute atomic E-state index is 0.231. The van der Waals surface area contributed by atoms with E-state index in [-0.39, 0.29) is 11.8 Å². The van der Waals surface area contributed by atoms with Gasteiger partial charge in [-0.25, -0.2) is 0 Å². The summed E-state index contributed by atoms with van der Waals surface area (Å²) in [5.74, 6) is 1.19. The van der Waals surface area contributed by atoms with Crippen LogP contribution in [-0.2, 0) is 6.54 Å². The van der Waals surface area contributed by atoms with Crippen molar-refractivity contribution in [2.75, 3.05) is 6.54 Å². The number of rotatable bonds is 3. The lowest BCUT2D eigenvalue weighted by molar-refractivity contribution is 0.204. The average Bonchev–Trinajstić information content (AvgIpc) is 3.02. The van der Waals surface area contributed by atoms with E-state index in [2.05, 4.69) is 10.1 Å². The van der Waals surface area contributed by atoms with Crippen molar-refractivity contribution in [2.45, 2.75) is 32.4 Å². The second kappa shape index (κ2) is 5.46.